The van der Waals surface area contributed by atoms with Gasteiger partial charge in [-0.3, -0.25) is 0 Å². The van der Waals surface area contributed by atoms with Crippen LogP contribution >= 0.6 is 22.7 Å². The van der Waals surface area contributed by atoms with Crippen molar-refractivity contribution in [2.75, 3.05) is 0 Å². The maximum absolute atomic E-state index is 2.46. The molecule has 0 bridgehead atoms. The summed E-state index contributed by atoms with van der Waals surface area (Å²) in [4.78, 5) is 3.13. The van der Waals surface area contributed by atoms with Gasteiger partial charge < -0.3 is 0 Å². The third-order valence-electron chi connectivity index (χ3n) is 7.77. The lowest BCUT2D eigenvalue weighted by Crippen LogP contribution is -1.94. The van der Waals surface area contributed by atoms with Crippen molar-refractivity contribution >= 4 is 64.4 Å². The van der Waals surface area contributed by atoms with Crippen molar-refractivity contribution in [1.82, 2.24) is 0 Å². The smallest absolute Gasteiger partial charge is 0.0424 e. The van der Waals surface area contributed by atoms with E-state index in [1.807, 2.05) is 22.7 Å². The zero-order valence-corrected chi connectivity index (χ0v) is 21.4. The second kappa shape index (κ2) is 9.39. The zero-order chi connectivity index (χ0) is 22.2. The molecule has 1 aliphatic rings. The molecule has 0 aliphatic heterocycles. The van der Waals surface area contributed by atoms with Crippen molar-refractivity contribution in [3.8, 4) is 0 Å². The van der Waals surface area contributed by atoms with Gasteiger partial charge in [-0.1, -0.05) is 76.1 Å². The van der Waals surface area contributed by atoms with Gasteiger partial charge in [0.05, 0.1) is 0 Å². The monoisotopic (exact) mass is 470 g/mol. The molecule has 1 aliphatic carbocycles. The fraction of sp³-hybridized carbons (Fsp3) is 0.419. The topological polar surface area (TPSA) is 0 Å². The van der Waals surface area contributed by atoms with E-state index in [-0.39, 0.29) is 0 Å². The van der Waals surface area contributed by atoms with Gasteiger partial charge in [-0.25, -0.2) is 0 Å². The number of hydrogen-bond donors (Lipinski definition) is 0. The number of hydrogen-bond acceptors (Lipinski definition) is 2. The van der Waals surface area contributed by atoms with Gasteiger partial charge in [0.25, 0.3) is 0 Å². The number of fused-ring (bicyclic) bond motifs is 6. The number of unbranched alkanes of at least 4 members (excludes halogenated alkanes) is 3. The standard InChI is InChI=1S/C31H34S2/c1-2-3-4-5-10-26-17-24-14-12-22-20-29-23(19-28(22)30(24)32-26)13-15-25-18-27(33-31(25)29)16-11-21-8-6-7-9-21/h12-15,17-21H,2-11,16H2,1H3. The molecule has 0 radical (unpaired) electrons. The number of aryl methyl sites for hydroxylation is 2. The summed E-state index contributed by atoms with van der Waals surface area (Å²) in [5.41, 5.74) is 0. The van der Waals surface area contributed by atoms with E-state index < -0.39 is 0 Å². The van der Waals surface area contributed by atoms with Gasteiger partial charge in [0.1, 0.15) is 0 Å². The molecule has 2 aromatic heterocycles. The van der Waals surface area contributed by atoms with Gasteiger partial charge in [0, 0.05) is 29.9 Å². The Bertz CT molecular complexity index is 1410. The van der Waals surface area contributed by atoms with Crippen LogP contribution in [0.4, 0.5) is 0 Å². The van der Waals surface area contributed by atoms with Crippen LogP contribution in [0.2, 0.25) is 0 Å². The van der Waals surface area contributed by atoms with E-state index in [2.05, 4.69) is 55.5 Å². The minimum atomic E-state index is 0.973. The molecule has 2 heterocycles. The molecule has 0 atom stereocenters. The summed E-state index contributed by atoms with van der Waals surface area (Å²) >= 11 is 4.06. The Morgan fingerprint density at radius 2 is 1.24 bits per heavy atom. The Labute approximate surface area is 205 Å². The highest BCUT2D eigenvalue weighted by molar-refractivity contribution is 7.20. The Hall–Kier alpha value is -1.90. The molecular weight excluding hydrogens is 436 g/mol. The molecule has 33 heavy (non-hydrogen) atoms. The molecule has 1 fully saturated rings. The van der Waals surface area contributed by atoms with E-state index in [0.717, 1.165) is 5.92 Å². The maximum Gasteiger partial charge on any atom is 0.0424 e. The van der Waals surface area contributed by atoms with Gasteiger partial charge in [0.2, 0.25) is 0 Å². The van der Waals surface area contributed by atoms with Crippen molar-refractivity contribution in [1.29, 1.82) is 0 Å². The first-order chi connectivity index (χ1) is 16.3. The second-order valence-electron chi connectivity index (χ2n) is 10.2. The normalized spacial score (nSPS) is 15.1. The van der Waals surface area contributed by atoms with Crippen LogP contribution in [0.1, 0.15) is 74.5 Å². The Balaban J connectivity index is 1.34. The molecule has 170 valence electrons. The minimum Gasteiger partial charge on any atom is -0.140 e. The highest BCUT2D eigenvalue weighted by Gasteiger charge is 2.16. The average molecular weight is 471 g/mol. The van der Waals surface area contributed by atoms with Gasteiger partial charge in [0.15, 0.2) is 0 Å². The second-order valence-corrected chi connectivity index (χ2v) is 12.5. The Kier molecular flexibility index (Phi) is 6.15. The maximum atomic E-state index is 2.46. The van der Waals surface area contributed by atoms with Crippen LogP contribution in [0, 0.1) is 5.92 Å². The molecule has 5 aromatic rings. The van der Waals surface area contributed by atoms with Crippen LogP contribution in [0.3, 0.4) is 0 Å². The molecular formula is C31H34S2. The van der Waals surface area contributed by atoms with E-state index in [0.29, 0.717) is 0 Å². The highest BCUT2D eigenvalue weighted by Crippen LogP contribution is 2.40. The van der Waals surface area contributed by atoms with Crippen molar-refractivity contribution < 1.29 is 0 Å². The molecule has 0 saturated heterocycles. The summed E-state index contributed by atoms with van der Waals surface area (Å²) in [6.45, 7) is 2.29. The number of rotatable bonds is 8. The van der Waals surface area contributed by atoms with Gasteiger partial charge in [-0.2, -0.15) is 0 Å². The summed E-state index contributed by atoms with van der Waals surface area (Å²) in [6, 6.07) is 19.2. The van der Waals surface area contributed by atoms with Crippen LogP contribution in [0.25, 0.3) is 41.7 Å². The van der Waals surface area contributed by atoms with Crippen molar-refractivity contribution in [3.63, 3.8) is 0 Å². The van der Waals surface area contributed by atoms with E-state index in [1.54, 1.807) is 9.75 Å². The molecule has 0 spiro atoms. The molecule has 0 unspecified atom stereocenters. The first kappa shape index (κ1) is 21.6. The van der Waals surface area contributed by atoms with Crippen LogP contribution in [-0.4, -0.2) is 0 Å². The van der Waals surface area contributed by atoms with Gasteiger partial charge >= 0.3 is 0 Å². The fourth-order valence-electron chi connectivity index (χ4n) is 5.86. The SMILES string of the molecule is CCCCCCc1cc2ccc3cc4c(ccc5cc(CCC6CCCC6)sc54)cc3c2s1. The third-order valence-corrected chi connectivity index (χ3v) is 10.3. The highest BCUT2D eigenvalue weighted by atomic mass is 32.1. The lowest BCUT2D eigenvalue weighted by Gasteiger charge is -2.06. The van der Waals surface area contributed by atoms with Crippen LogP contribution in [0.5, 0.6) is 0 Å². The summed E-state index contributed by atoms with van der Waals surface area (Å²) in [5, 5.41) is 8.51. The van der Waals surface area contributed by atoms with Crippen molar-refractivity contribution in [3.05, 3.63) is 58.3 Å². The van der Waals surface area contributed by atoms with E-state index in [1.165, 1.54) is 112 Å². The predicted molar refractivity (Wildman–Crippen MR) is 150 cm³/mol. The predicted octanol–water partition coefficient (Wildman–Crippen LogP) is 10.7. The van der Waals surface area contributed by atoms with Gasteiger partial charge in [-0.05, 0) is 77.4 Å². The van der Waals surface area contributed by atoms with Crippen LogP contribution < -0.4 is 0 Å². The summed E-state index contributed by atoms with van der Waals surface area (Å²) in [7, 11) is 0. The molecule has 0 nitrogen and oxygen atoms in total. The fourth-order valence-corrected chi connectivity index (χ4v) is 8.29. The van der Waals surface area contributed by atoms with E-state index >= 15 is 0 Å². The molecule has 0 amide bonds. The lowest BCUT2D eigenvalue weighted by molar-refractivity contribution is 0.506. The lowest BCUT2D eigenvalue weighted by atomic mass is 10.00. The van der Waals surface area contributed by atoms with Gasteiger partial charge in [-0.15, -0.1) is 22.7 Å². The third kappa shape index (κ3) is 4.33. The molecule has 3 aromatic carbocycles. The molecule has 6 rings (SSSR count). The molecule has 2 heteroatoms. The van der Waals surface area contributed by atoms with Crippen LogP contribution in [0.15, 0.2) is 48.5 Å². The quantitative estimate of drug-likeness (QED) is 0.156. The zero-order valence-electron chi connectivity index (χ0n) is 19.8. The Morgan fingerprint density at radius 3 is 1.85 bits per heavy atom. The largest absolute Gasteiger partial charge is 0.140 e. The van der Waals surface area contributed by atoms with Crippen molar-refractivity contribution in [2.45, 2.75) is 77.6 Å². The molecule has 0 N–H and O–H groups in total. The first-order valence-corrected chi connectivity index (χ1v) is 14.7. The van der Waals surface area contributed by atoms with Crippen molar-refractivity contribution in [2.24, 2.45) is 5.92 Å². The molecule has 1 saturated carbocycles. The first-order valence-electron chi connectivity index (χ1n) is 13.1. The minimum absolute atomic E-state index is 0.973. The summed E-state index contributed by atoms with van der Waals surface area (Å²) < 4.78 is 2.96. The number of thiophene rings is 2. The number of benzene rings is 3. The summed E-state index contributed by atoms with van der Waals surface area (Å²) in [5.74, 6) is 0.973. The van der Waals surface area contributed by atoms with E-state index in [4.69, 9.17) is 0 Å². The Morgan fingerprint density at radius 1 is 0.667 bits per heavy atom. The van der Waals surface area contributed by atoms with Crippen LogP contribution in [-0.2, 0) is 12.8 Å². The summed E-state index contributed by atoms with van der Waals surface area (Å²) in [6.07, 6.45) is 15.0. The van der Waals surface area contributed by atoms with E-state index in [9.17, 15) is 0 Å². The average Bonchev–Trinajstić information content (AvgIpc) is 3.58.